The monoisotopic (exact) mass is 464 g/mol. The molecule has 156 valence electrons. The second-order valence-electron chi connectivity index (χ2n) is 4.70. The summed E-state index contributed by atoms with van der Waals surface area (Å²) < 4.78 is 49.1. The number of nitrogens with one attached hydrogen (secondary N) is 1. The highest BCUT2D eigenvalue weighted by molar-refractivity contribution is 7.66. The topological polar surface area (TPSA) is 254 Å². The van der Waals surface area contributed by atoms with Gasteiger partial charge in [0.25, 0.3) is 0 Å². The Bertz CT molecular complexity index is 1020. The number of phosphoric ester groups is 1. The van der Waals surface area contributed by atoms with E-state index in [1.54, 1.807) is 0 Å². The molecule has 0 saturated carbocycles. The van der Waals surface area contributed by atoms with Gasteiger partial charge in [-0.1, -0.05) is 0 Å². The summed E-state index contributed by atoms with van der Waals surface area (Å²) in [5, 5.41) is 20.4. The van der Waals surface area contributed by atoms with Crippen molar-refractivity contribution in [2.24, 2.45) is 0 Å². The Hall–Kier alpha value is -1.77. The van der Waals surface area contributed by atoms with Gasteiger partial charge in [0.1, 0.15) is 0 Å². The fourth-order valence-corrected chi connectivity index (χ4v) is 4.81. The van der Waals surface area contributed by atoms with E-state index in [9.17, 15) is 28.7 Å². The molecule has 1 aromatic carbocycles. The molecule has 0 spiro atoms. The van der Waals surface area contributed by atoms with Crippen LogP contribution in [0.3, 0.4) is 0 Å². The molecular weight excluding hydrogens is 453 g/mol. The average Bonchev–Trinajstić information content (AvgIpc) is 2.96. The zero-order valence-electron chi connectivity index (χ0n) is 13.2. The first-order valence-electron chi connectivity index (χ1n) is 6.71. The zero-order chi connectivity index (χ0) is 21.2. The van der Waals surface area contributed by atoms with Crippen molar-refractivity contribution in [3.8, 4) is 0 Å². The van der Waals surface area contributed by atoms with Crippen LogP contribution in [0.5, 0.6) is 0 Å². The van der Waals surface area contributed by atoms with Gasteiger partial charge < -0.3 is 24.9 Å². The van der Waals surface area contributed by atoms with Crippen molar-refractivity contribution >= 4 is 45.9 Å². The molecule has 0 amide bonds. The van der Waals surface area contributed by atoms with Crippen LogP contribution in [0.25, 0.3) is 11.0 Å². The molecule has 2 rings (SSSR count). The van der Waals surface area contributed by atoms with Crippen molar-refractivity contribution in [1.82, 2.24) is 10.3 Å². The van der Waals surface area contributed by atoms with Gasteiger partial charge in [0.2, 0.25) is 5.52 Å². The van der Waals surface area contributed by atoms with Gasteiger partial charge in [0, 0.05) is 12.6 Å². The van der Waals surface area contributed by atoms with Gasteiger partial charge in [-0.15, -0.1) is 0 Å². The van der Waals surface area contributed by atoms with Crippen molar-refractivity contribution in [1.29, 1.82) is 0 Å². The van der Waals surface area contributed by atoms with E-state index in [2.05, 4.69) is 33.4 Å². The van der Waals surface area contributed by atoms with Crippen molar-refractivity contribution in [3.63, 3.8) is 0 Å². The minimum atomic E-state index is -5.60. The quantitative estimate of drug-likeness (QED) is 0.141. The summed E-state index contributed by atoms with van der Waals surface area (Å²) in [6, 6.07) is 2.37. The van der Waals surface area contributed by atoms with Gasteiger partial charge in [-0.25, -0.2) is 18.3 Å². The molecule has 0 aliphatic carbocycles. The zero-order valence-corrected chi connectivity index (χ0v) is 15.9. The number of benzene rings is 1. The lowest BCUT2D eigenvalue weighted by molar-refractivity contribution is -0.383. The predicted octanol–water partition coefficient (Wildman–Crippen LogP) is 0.886. The molecule has 0 saturated heterocycles. The average molecular weight is 464 g/mol. The molecule has 28 heavy (non-hydrogen) atoms. The van der Waals surface area contributed by atoms with Gasteiger partial charge in [-0.05, 0) is 16.4 Å². The number of aromatic nitrogens is 2. The Labute approximate surface area is 153 Å². The number of anilines is 1. The van der Waals surface area contributed by atoms with Gasteiger partial charge in [-0.3, -0.25) is 14.6 Å². The molecular formula is C8H11N4O13P3. The molecule has 0 aliphatic heterocycles. The molecule has 17 nitrogen and oxygen atoms in total. The lowest BCUT2D eigenvalue weighted by Crippen LogP contribution is -2.09. The van der Waals surface area contributed by atoms with E-state index < -0.39 is 35.0 Å². The molecule has 2 atom stereocenters. The Kier molecular flexibility index (Phi) is 6.68. The molecule has 0 radical (unpaired) electrons. The van der Waals surface area contributed by atoms with E-state index in [4.69, 9.17) is 14.7 Å². The number of hydrogen-bond acceptors (Lipinski definition) is 12. The molecule has 5 N–H and O–H groups in total. The SMILES string of the molecule is O=[N+]([O-])c1ccc(NCCOP(=O)(O)OP(=O)(O)OP(=O)(O)O)c2nonc12. The maximum atomic E-state index is 11.5. The van der Waals surface area contributed by atoms with Crippen molar-refractivity contribution in [2.75, 3.05) is 18.5 Å². The van der Waals surface area contributed by atoms with E-state index in [1.165, 1.54) is 6.07 Å². The molecule has 1 heterocycles. The van der Waals surface area contributed by atoms with E-state index >= 15 is 0 Å². The number of nitrogens with zero attached hydrogens (tertiary/aromatic N) is 3. The Balaban J connectivity index is 1.95. The molecule has 2 unspecified atom stereocenters. The van der Waals surface area contributed by atoms with Gasteiger partial charge in [0.05, 0.1) is 17.2 Å². The largest absolute Gasteiger partial charge is 0.490 e. The fraction of sp³-hybridized carbons (Fsp3) is 0.250. The Morgan fingerprint density at radius 1 is 1.07 bits per heavy atom. The van der Waals surface area contributed by atoms with Crippen LogP contribution < -0.4 is 5.32 Å². The third kappa shape index (κ3) is 6.39. The first-order valence-corrected chi connectivity index (χ1v) is 11.2. The van der Waals surface area contributed by atoms with Gasteiger partial charge in [0.15, 0.2) is 5.52 Å². The van der Waals surface area contributed by atoms with Gasteiger partial charge >= 0.3 is 29.2 Å². The number of nitro groups is 1. The van der Waals surface area contributed by atoms with E-state index in [0.29, 0.717) is 0 Å². The van der Waals surface area contributed by atoms with Crippen LogP contribution in [0.15, 0.2) is 16.8 Å². The van der Waals surface area contributed by atoms with Crippen LogP contribution in [-0.4, -0.2) is 48.0 Å². The third-order valence-electron chi connectivity index (χ3n) is 2.68. The summed E-state index contributed by atoms with van der Waals surface area (Å²) in [4.78, 5) is 45.3. The van der Waals surface area contributed by atoms with E-state index in [1.807, 2.05) is 0 Å². The highest BCUT2D eigenvalue weighted by Gasteiger charge is 2.40. The number of fused-ring (bicyclic) bond motifs is 1. The molecule has 2 aromatic rings. The number of rotatable bonds is 10. The van der Waals surface area contributed by atoms with Crippen LogP contribution in [0, 0.1) is 10.1 Å². The third-order valence-corrected chi connectivity index (χ3v) is 6.51. The standard InChI is InChI=1S/C8H11N4O13P3/c13-12(14)6-2-1-5(7-8(6)11-23-10-7)9-3-4-22-27(18,19)25-28(20,21)24-26(15,16)17/h1-2,9H,3-4H2,(H,18,19)(H,20,21)(H2,15,16,17). The maximum absolute atomic E-state index is 11.5. The molecule has 0 fully saturated rings. The second kappa shape index (κ2) is 8.31. The number of phosphoric acid groups is 3. The maximum Gasteiger partial charge on any atom is 0.490 e. The highest BCUT2D eigenvalue weighted by atomic mass is 31.3. The predicted molar refractivity (Wildman–Crippen MR) is 86.8 cm³/mol. The summed E-state index contributed by atoms with van der Waals surface area (Å²) in [6.45, 7) is -0.851. The minimum Gasteiger partial charge on any atom is -0.381 e. The number of nitro benzene ring substituents is 1. The summed E-state index contributed by atoms with van der Waals surface area (Å²) in [7, 11) is -16.3. The molecule has 20 heteroatoms. The summed E-state index contributed by atoms with van der Waals surface area (Å²) in [5.41, 5.74) is -0.331. The summed E-state index contributed by atoms with van der Waals surface area (Å²) in [5.74, 6) is 0. The van der Waals surface area contributed by atoms with Crippen molar-refractivity contribution in [2.45, 2.75) is 0 Å². The minimum absolute atomic E-state index is 0.00691. The highest BCUT2D eigenvalue weighted by Crippen LogP contribution is 2.66. The lowest BCUT2D eigenvalue weighted by atomic mass is 10.2. The van der Waals surface area contributed by atoms with E-state index in [0.717, 1.165) is 6.07 Å². The second-order valence-corrected chi connectivity index (χ2v) is 9.12. The first kappa shape index (κ1) is 22.5. The number of hydrogen-bond donors (Lipinski definition) is 5. The Morgan fingerprint density at radius 3 is 2.32 bits per heavy atom. The molecule has 0 aliphatic rings. The van der Waals surface area contributed by atoms with Crippen LogP contribution in [0.2, 0.25) is 0 Å². The first-order chi connectivity index (χ1) is 12.8. The van der Waals surface area contributed by atoms with Crippen LogP contribution >= 0.6 is 23.5 Å². The summed E-state index contributed by atoms with van der Waals surface area (Å²) >= 11 is 0. The normalized spacial score (nSPS) is 16.4. The van der Waals surface area contributed by atoms with Gasteiger partial charge in [-0.2, -0.15) is 8.62 Å². The smallest absolute Gasteiger partial charge is 0.381 e. The van der Waals surface area contributed by atoms with Crippen molar-refractivity contribution in [3.05, 3.63) is 22.2 Å². The van der Waals surface area contributed by atoms with Crippen LogP contribution in [0.4, 0.5) is 11.4 Å². The molecule has 1 aromatic heterocycles. The van der Waals surface area contributed by atoms with Crippen molar-refractivity contribution < 1.29 is 56.0 Å². The molecule has 0 bridgehead atoms. The van der Waals surface area contributed by atoms with E-state index in [-0.39, 0.29) is 29.0 Å². The summed E-state index contributed by atoms with van der Waals surface area (Å²) in [6.07, 6.45) is 0. The fourth-order valence-electron chi connectivity index (χ4n) is 1.79. The number of non-ortho nitro benzene ring substituents is 1. The van der Waals surface area contributed by atoms with Crippen LogP contribution in [0.1, 0.15) is 0 Å². The lowest BCUT2D eigenvalue weighted by Gasteiger charge is -2.16. The van der Waals surface area contributed by atoms with Crippen LogP contribution in [-0.2, 0) is 26.8 Å². The Morgan fingerprint density at radius 2 is 1.71 bits per heavy atom.